The van der Waals surface area contributed by atoms with Gasteiger partial charge in [-0.05, 0) is 29.8 Å². The first kappa shape index (κ1) is 15.1. The standard InChI is InChI=1S/C17H18N4O2/c1-22-13-7-9-14(10-8-13)23-11-15-19-17(21-20-15)16(18)12-5-3-2-4-6-12/h2-10,16H,11,18H2,1H3,(H,19,20,21). The van der Waals surface area contributed by atoms with E-state index in [1.165, 1.54) is 0 Å². The summed E-state index contributed by atoms with van der Waals surface area (Å²) < 4.78 is 10.8. The predicted octanol–water partition coefficient (Wildman–Crippen LogP) is 2.44. The molecule has 1 unspecified atom stereocenters. The molecule has 0 aliphatic heterocycles. The van der Waals surface area contributed by atoms with Crippen molar-refractivity contribution < 1.29 is 9.47 Å². The van der Waals surface area contributed by atoms with Gasteiger partial charge in [-0.1, -0.05) is 30.3 Å². The SMILES string of the molecule is COc1ccc(OCc2nc(C(N)c3ccccc3)n[nH]2)cc1. The van der Waals surface area contributed by atoms with Gasteiger partial charge in [0.05, 0.1) is 13.2 Å². The van der Waals surface area contributed by atoms with Gasteiger partial charge in [0.25, 0.3) is 0 Å². The zero-order valence-electron chi connectivity index (χ0n) is 12.8. The predicted molar refractivity (Wildman–Crippen MR) is 86.2 cm³/mol. The maximum atomic E-state index is 6.17. The Labute approximate surface area is 134 Å². The van der Waals surface area contributed by atoms with Crippen molar-refractivity contribution in [3.05, 3.63) is 71.8 Å². The van der Waals surface area contributed by atoms with Crippen LogP contribution in [0.15, 0.2) is 54.6 Å². The van der Waals surface area contributed by atoms with Crippen LogP contribution in [0, 0.1) is 0 Å². The van der Waals surface area contributed by atoms with E-state index < -0.39 is 0 Å². The van der Waals surface area contributed by atoms with Gasteiger partial charge < -0.3 is 15.2 Å². The fourth-order valence-corrected chi connectivity index (χ4v) is 2.15. The zero-order valence-corrected chi connectivity index (χ0v) is 12.8. The molecule has 3 rings (SSSR count). The van der Waals surface area contributed by atoms with E-state index in [0.717, 1.165) is 17.1 Å². The summed E-state index contributed by atoms with van der Waals surface area (Å²) in [6, 6.07) is 16.7. The molecule has 1 atom stereocenters. The minimum absolute atomic E-state index is 0.292. The Morgan fingerprint density at radius 3 is 2.43 bits per heavy atom. The highest BCUT2D eigenvalue weighted by Gasteiger charge is 2.14. The Kier molecular flexibility index (Phi) is 4.54. The smallest absolute Gasteiger partial charge is 0.172 e. The van der Waals surface area contributed by atoms with E-state index in [2.05, 4.69) is 15.2 Å². The third-order valence-electron chi connectivity index (χ3n) is 3.42. The average Bonchev–Trinajstić information content (AvgIpc) is 3.09. The lowest BCUT2D eigenvalue weighted by molar-refractivity contribution is 0.295. The number of benzene rings is 2. The van der Waals surface area contributed by atoms with E-state index in [4.69, 9.17) is 15.2 Å². The number of nitrogens with zero attached hydrogens (tertiary/aromatic N) is 2. The third-order valence-corrected chi connectivity index (χ3v) is 3.42. The van der Waals surface area contributed by atoms with Gasteiger partial charge in [-0.3, -0.25) is 5.10 Å². The van der Waals surface area contributed by atoms with Gasteiger partial charge in [0.15, 0.2) is 11.6 Å². The van der Waals surface area contributed by atoms with Gasteiger partial charge in [0, 0.05) is 0 Å². The van der Waals surface area contributed by atoms with Crippen molar-refractivity contribution in [2.75, 3.05) is 7.11 Å². The highest BCUT2D eigenvalue weighted by atomic mass is 16.5. The number of aromatic amines is 1. The van der Waals surface area contributed by atoms with Crippen LogP contribution in [-0.2, 0) is 6.61 Å². The molecule has 118 valence electrons. The van der Waals surface area contributed by atoms with Crippen molar-refractivity contribution in [1.29, 1.82) is 0 Å². The van der Waals surface area contributed by atoms with Crippen molar-refractivity contribution in [3.63, 3.8) is 0 Å². The quantitative estimate of drug-likeness (QED) is 0.730. The number of nitrogens with one attached hydrogen (secondary N) is 1. The number of aromatic nitrogens is 3. The molecule has 0 saturated carbocycles. The molecule has 3 aromatic rings. The maximum Gasteiger partial charge on any atom is 0.172 e. The second kappa shape index (κ2) is 6.93. The van der Waals surface area contributed by atoms with Gasteiger partial charge >= 0.3 is 0 Å². The fourth-order valence-electron chi connectivity index (χ4n) is 2.15. The number of ether oxygens (including phenoxy) is 2. The highest BCUT2D eigenvalue weighted by Crippen LogP contribution is 2.19. The molecule has 0 bridgehead atoms. The molecule has 1 aromatic heterocycles. The maximum absolute atomic E-state index is 6.17. The molecule has 6 nitrogen and oxygen atoms in total. The van der Waals surface area contributed by atoms with Gasteiger partial charge in [-0.15, -0.1) is 0 Å². The van der Waals surface area contributed by atoms with Crippen molar-refractivity contribution >= 4 is 0 Å². The van der Waals surface area contributed by atoms with Crippen LogP contribution in [0.4, 0.5) is 0 Å². The number of rotatable bonds is 6. The minimum Gasteiger partial charge on any atom is -0.497 e. The van der Waals surface area contributed by atoms with E-state index in [1.54, 1.807) is 7.11 Å². The van der Waals surface area contributed by atoms with Crippen LogP contribution < -0.4 is 15.2 Å². The molecule has 3 N–H and O–H groups in total. The molecule has 0 fully saturated rings. The van der Waals surface area contributed by atoms with E-state index >= 15 is 0 Å². The summed E-state index contributed by atoms with van der Waals surface area (Å²) in [7, 11) is 1.63. The highest BCUT2D eigenvalue weighted by molar-refractivity contribution is 5.31. The first-order chi connectivity index (χ1) is 11.3. The molecule has 0 amide bonds. The molecular weight excluding hydrogens is 292 g/mol. The van der Waals surface area contributed by atoms with Gasteiger partial charge in [-0.2, -0.15) is 5.10 Å². The van der Waals surface area contributed by atoms with E-state index in [1.807, 2.05) is 54.6 Å². The normalized spacial score (nSPS) is 11.9. The van der Waals surface area contributed by atoms with Crippen molar-refractivity contribution in [1.82, 2.24) is 15.2 Å². The number of nitrogens with two attached hydrogens (primary N) is 1. The number of hydrogen-bond acceptors (Lipinski definition) is 5. The fraction of sp³-hybridized carbons (Fsp3) is 0.176. The van der Waals surface area contributed by atoms with Gasteiger partial charge in [0.1, 0.15) is 18.1 Å². The molecule has 23 heavy (non-hydrogen) atoms. The van der Waals surface area contributed by atoms with Crippen LogP contribution >= 0.6 is 0 Å². The molecular formula is C17H18N4O2. The Morgan fingerprint density at radius 2 is 1.74 bits per heavy atom. The molecule has 0 saturated heterocycles. The second-order valence-electron chi connectivity index (χ2n) is 4.99. The van der Waals surface area contributed by atoms with Crippen LogP contribution in [0.1, 0.15) is 23.3 Å². The topological polar surface area (TPSA) is 86.1 Å². The first-order valence-electron chi connectivity index (χ1n) is 7.25. The molecule has 1 heterocycles. The number of hydrogen-bond donors (Lipinski definition) is 2. The summed E-state index contributed by atoms with van der Waals surface area (Å²) in [4.78, 5) is 4.39. The summed E-state index contributed by atoms with van der Waals surface area (Å²) in [6.45, 7) is 0.292. The largest absolute Gasteiger partial charge is 0.497 e. The van der Waals surface area contributed by atoms with E-state index in [9.17, 15) is 0 Å². The number of H-pyrrole nitrogens is 1. The van der Waals surface area contributed by atoms with Gasteiger partial charge in [0.2, 0.25) is 0 Å². The van der Waals surface area contributed by atoms with Crippen molar-refractivity contribution in [2.24, 2.45) is 5.73 Å². The lowest BCUT2D eigenvalue weighted by Crippen LogP contribution is -2.13. The zero-order chi connectivity index (χ0) is 16.1. The van der Waals surface area contributed by atoms with Crippen molar-refractivity contribution in [2.45, 2.75) is 12.6 Å². The molecule has 0 aliphatic rings. The number of methoxy groups -OCH3 is 1. The molecule has 0 spiro atoms. The van der Waals surface area contributed by atoms with Crippen molar-refractivity contribution in [3.8, 4) is 11.5 Å². The van der Waals surface area contributed by atoms with Crippen LogP contribution in [0.3, 0.4) is 0 Å². The monoisotopic (exact) mass is 310 g/mol. The molecule has 6 heteroatoms. The lowest BCUT2D eigenvalue weighted by Gasteiger charge is -2.07. The Balaban J connectivity index is 1.62. The summed E-state index contributed by atoms with van der Waals surface area (Å²) in [5.41, 5.74) is 7.14. The molecule has 0 aliphatic carbocycles. The summed E-state index contributed by atoms with van der Waals surface area (Å²) in [5.74, 6) is 2.69. The Hall–Kier alpha value is -2.86. The lowest BCUT2D eigenvalue weighted by atomic mass is 10.1. The molecule has 2 aromatic carbocycles. The Bertz CT molecular complexity index is 741. The van der Waals surface area contributed by atoms with Gasteiger partial charge in [-0.25, -0.2) is 4.98 Å². The summed E-state index contributed by atoms with van der Waals surface area (Å²) in [5, 5.41) is 7.03. The van der Waals surface area contributed by atoms with Crippen LogP contribution in [-0.4, -0.2) is 22.3 Å². The summed E-state index contributed by atoms with van der Waals surface area (Å²) in [6.07, 6.45) is 0. The molecule has 0 radical (unpaired) electrons. The third kappa shape index (κ3) is 3.67. The minimum atomic E-state index is -0.359. The van der Waals surface area contributed by atoms with Crippen LogP contribution in [0.5, 0.6) is 11.5 Å². The van der Waals surface area contributed by atoms with Crippen LogP contribution in [0.25, 0.3) is 0 Å². The average molecular weight is 310 g/mol. The van der Waals surface area contributed by atoms with Crippen LogP contribution in [0.2, 0.25) is 0 Å². The van der Waals surface area contributed by atoms with E-state index in [0.29, 0.717) is 18.3 Å². The first-order valence-corrected chi connectivity index (χ1v) is 7.25. The Morgan fingerprint density at radius 1 is 1.04 bits per heavy atom. The summed E-state index contributed by atoms with van der Waals surface area (Å²) >= 11 is 0. The van der Waals surface area contributed by atoms with E-state index in [-0.39, 0.29) is 6.04 Å². The second-order valence-corrected chi connectivity index (χ2v) is 4.99.